The second-order valence-electron chi connectivity index (χ2n) is 6.30. The summed E-state index contributed by atoms with van der Waals surface area (Å²) >= 11 is 0. The molecule has 0 aromatic heterocycles. The van der Waals surface area contributed by atoms with Gasteiger partial charge in [0.1, 0.15) is 11.5 Å². The number of benzene rings is 2. The first-order valence-corrected chi connectivity index (χ1v) is 8.94. The molecular formula is C21H26N2O4. The number of carbonyl (C=O) groups is 2. The predicted molar refractivity (Wildman–Crippen MR) is 104 cm³/mol. The minimum Gasteiger partial charge on any atom is -0.484 e. The fraction of sp³-hybridized carbons (Fsp3) is 0.333. The lowest BCUT2D eigenvalue weighted by Gasteiger charge is -2.18. The quantitative estimate of drug-likeness (QED) is 0.735. The predicted octanol–water partition coefficient (Wildman–Crippen LogP) is 2.86. The summed E-state index contributed by atoms with van der Waals surface area (Å²) < 4.78 is 11.1. The van der Waals surface area contributed by atoms with Crippen molar-refractivity contribution < 1.29 is 19.1 Å². The molecular weight excluding hydrogens is 344 g/mol. The Balaban J connectivity index is 1.77. The van der Waals surface area contributed by atoms with Crippen LogP contribution in [0.1, 0.15) is 30.5 Å². The maximum atomic E-state index is 12.1. The highest BCUT2D eigenvalue weighted by molar-refractivity contribution is 5.85. The van der Waals surface area contributed by atoms with Gasteiger partial charge in [-0.2, -0.15) is 0 Å². The van der Waals surface area contributed by atoms with Gasteiger partial charge in [0.15, 0.2) is 12.7 Å². The van der Waals surface area contributed by atoms with Crippen LogP contribution in [0.2, 0.25) is 0 Å². The van der Waals surface area contributed by atoms with Crippen LogP contribution in [0.5, 0.6) is 11.5 Å². The molecule has 6 nitrogen and oxygen atoms in total. The zero-order chi connectivity index (χ0) is 19.8. The van der Waals surface area contributed by atoms with Crippen LogP contribution in [-0.2, 0) is 16.0 Å². The van der Waals surface area contributed by atoms with Crippen molar-refractivity contribution in [3.8, 4) is 11.5 Å². The average Bonchev–Trinajstić information content (AvgIpc) is 2.67. The minimum absolute atomic E-state index is 0.197. The molecule has 0 heterocycles. The van der Waals surface area contributed by atoms with Crippen LogP contribution in [0.3, 0.4) is 0 Å². The number of aryl methyl sites for hydroxylation is 3. The van der Waals surface area contributed by atoms with E-state index in [9.17, 15) is 9.59 Å². The van der Waals surface area contributed by atoms with Crippen LogP contribution in [0, 0.1) is 13.8 Å². The molecule has 144 valence electrons. The van der Waals surface area contributed by atoms with Gasteiger partial charge in [0.25, 0.3) is 11.8 Å². The number of para-hydroxylation sites is 1. The molecule has 6 heteroatoms. The number of hydrogen-bond acceptors (Lipinski definition) is 4. The Kier molecular flexibility index (Phi) is 7.23. The van der Waals surface area contributed by atoms with Crippen molar-refractivity contribution in [3.05, 3.63) is 59.2 Å². The van der Waals surface area contributed by atoms with Gasteiger partial charge < -0.3 is 9.47 Å². The molecule has 0 aliphatic carbocycles. The Hall–Kier alpha value is -3.02. The van der Waals surface area contributed by atoms with Gasteiger partial charge in [-0.3, -0.25) is 20.4 Å². The van der Waals surface area contributed by atoms with Gasteiger partial charge in [-0.05, 0) is 56.0 Å². The van der Waals surface area contributed by atoms with Gasteiger partial charge in [0.2, 0.25) is 0 Å². The first-order valence-electron chi connectivity index (χ1n) is 8.94. The molecule has 0 saturated carbocycles. The van der Waals surface area contributed by atoms with E-state index in [0.29, 0.717) is 11.5 Å². The number of carbonyl (C=O) groups excluding carboxylic acids is 2. The van der Waals surface area contributed by atoms with Crippen molar-refractivity contribution in [2.75, 3.05) is 6.61 Å². The Morgan fingerprint density at radius 3 is 2.22 bits per heavy atom. The third kappa shape index (κ3) is 6.02. The standard InChI is InChI=1S/C21H26N2O4/c1-5-17-9-11-18(12-10-17)26-13-19(24)22-23-21(25)16(4)27-20-14(2)7-6-8-15(20)3/h6-12,16H,5,13H2,1-4H3,(H,22,24)(H,23,25). The molecule has 2 N–H and O–H groups in total. The summed E-state index contributed by atoms with van der Waals surface area (Å²) in [5, 5.41) is 0. The highest BCUT2D eigenvalue weighted by atomic mass is 16.5. The van der Waals surface area contributed by atoms with E-state index < -0.39 is 17.9 Å². The fourth-order valence-electron chi connectivity index (χ4n) is 2.45. The molecule has 0 spiro atoms. The maximum absolute atomic E-state index is 12.1. The van der Waals surface area contributed by atoms with Crippen LogP contribution < -0.4 is 20.3 Å². The molecule has 1 unspecified atom stereocenters. The van der Waals surface area contributed by atoms with E-state index in [1.807, 2.05) is 56.3 Å². The molecule has 0 saturated heterocycles. The van der Waals surface area contributed by atoms with E-state index in [0.717, 1.165) is 17.5 Å². The van der Waals surface area contributed by atoms with Crippen molar-refractivity contribution in [3.63, 3.8) is 0 Å². The lowest BCUT2D eigenvalue weighted by atomic mass is 10.1. The van der Waals surface area contributed by atoms with E-state index in [-0.39, 0.29) is 6.61 Å². The first-order chi connectivity index (χ1) is 12.9. The Morgan fingerprint density at radius 1 is 1.00 bits per heavy atom. The Bertz CT molecular complexity index is 767. The van der Waals surface area contributed by atoms with Crippen LogP contribution >= 0.6 is 0 Å². The highest BCUT2D eigenvalue weighted by Gasteiger charge is 2.17. The maximum Gasteiger partial charge on any atom is 0.279 e. The lowest BCUT2D eigenvalue weighted by Crippen LogP contribution is -2.48. The van der Waals surface area contributed by atoms with Crippen molar-refractivity contribution in [1.29, 1.82) is 0 Å². The normalized spacial score (nSPS) is 11.4. The summed E-state index contributed by atoms with van der Waals surface area (Å²) in [7, 11) is 0. The zero-order valence-corrected chi connectivity index (χ0v) is 16.2. The number of ether oxygens (including phenoxy) is 2. The Morgan fingerprint density at radius 2 is 1.63 bits per heavy atom. The number of hydrogen-bond donors (Lipinski definition) is 2. The minimum atomic E-state index is -0.757. The molecule has 0 radical (unpaired) electrons. The number of rotatable bonds is 7. The van der Waals surface area contributed by atoms with E-state index in [4.69, 9.17) is 9.47 Å². The molecule has 0 fully saturated rings. The molecule has 1 atom stereocenters. The number of amides is 2. The monoisotopic (exact) mass is 370 g/mol. The molecule has 27 heavy (non-hydrogen) atoms. The summed E-state index contributed by atoms with van der Waals surface area (Å²) in [4.78, 5) is 24.0. The summed E-state index contributed by atoms with van der Waals surface area (Å²) in [5.74, 6) is 0.367. The molecule has 0 aliphatic rings. The topological polar surface area (TPSA) is 76.7 Å². The summed E-state index contributed by atoms with van der Waals surface area (Å²) in [6.45, 7) is 7.33. The number of nitrogens with one attached hydrogen (secondary N) is 2. The van der Waals surface area contributed by atoms with E-state index >= 15 is 0 Å². The third-order valence-corrected chi connectivity index (χ3v) is 4.10. The second-order valence-corrected chi connectivity index (χ2v) is 6.30. The van der Waals surface area contributed by atoms with E-state index in [1.165, 1.54) is 5.56 Å². The lowest BCUT2D eigenvalue weighted by molar-refractivity contribution is -0.133. The van der Waals surface area contributed by atoms with Gasteiger partial charge in [0, 0.05) is 0 Å². The largest absolute Gasteiger partial charge is 0.484 e. The van der Waals surface area contributed by atoms with Crippen molar-refractivity contribution in [2.24, 2.45) is 0 Å². The van der Waals surface area contributed by atoms with Gasteiger partial charge in [0.05, 0.1) is 0 Å². The van der Waals surface area contributed by atoms with E-state index in [2.05, 4.69) is 17.8 Å². The molecule has 2 aromatic rings. The highest BCUT2D eigenvalue weighted by Crippen LogP contribution is 2.23. The molecule has 0 bridgehead atoms. The van der Waals surface area contributed by atoms with Crippen LogP contribution in [0.15, 0.2) is 42.5 Å². The van der Waals surface area contributed by atoms with Crippen molar-refractivity contribution in [1.82, 2.24) is 10.9 Å². The Labute approximate surface area is 159 Å². The van der Waals surface area contributed by atoms with Crippen LogP contribution in [0.25, 0.3) is 0 Å². The summed E-state index contributed by atoms with van der Waals surface area (Å²) in [6.07, 6.45) is 0.183. The molecule has 0 aliphatic heterocycles. The van der Waals surface area contributed by atoms with Gasteiger partial charge in [-0.25, -0.2) is 0 Å². The van der Waals surface area contributed by atoms with Crippen LogP contribution in [0.4, 0.5) is 0 Å². The number of hydrazine groups is 1. The smallest absolute Gasteiger partial charge is 0.279 e. The molecule has 2 rings (SSSR count). The second kappa shape index (κ2) is 9.62. The summed E-state index contributed by atoms with van der Waals surface area (Å²) in [5.41, 5.74) is 7.76. The van der Waals surface area contributed by atoms with Gasteiger partial charge in [-0.15, -0.1) is 0 Å². The van der Waals surface area contributed by atoms with Gasteiger partial charge >= 0.3 is 0 Å². The third-order valence-electron chi connectivity index (χ3n) is 4.10. The fourth-order valence-corrected chi connectivity index (χ4v) is 2.45. The zero-order valence-electron chi connectivity index (χ0n) is 16.2. The SMILES string of the molecule is CCc1ccc(OCC(=O)NNC(=O)C(C)Oc2c(C)cccc2C)cc1. The van der Waals surface area contributed by atoms with Crippen molar-refractivity contribution in [2.45, 2.75) is 40.2 Å². The summed E-state index contributed by atoms with van der Waals surface area (Å²) in [6, 6.07) is 13.3. The van der Waals surface area contributed by atoms with E-state index in [1.54, 1.807) is 6.92 Å². The molecule has 2 amide bonds. The van der Waals surface area contributed by atoms with Crippen molar-refractivity contribution >= 4 is 11.8 Å². The van der Waals surface area contributed by atoms with Crippen LogP contribution in [-0.4, -0.2) is 24.5 Å². The first kappa shape index (κ1) is 20.3. The van der Waals surface area contributed by atoms with Gasteiger partial charge in [-0.1, -0.05) is 37.3 Å². The average molecular weight is 370 g/mol. The molecule has 2 aromatic carbocycles.